The Hall–Kier alpha value is -3.22. The van der Waals surface area contributed by atoms with E-state index >= 15 is 0 Å². The molecule has 7 nitrogen and oxygen atoms in total. The molecule has 1 unspecified atom stereocenters. The molecule has 0 fully saturated rings. The highest BCUT2D eigenvalue weighted by Crippen LogP contribution is 2.31. The molecule has 0 bridgehead atoms. The fourth-order valence-electron chi connectivity index (χ4n) is 3.45. The van der Waals surface area contributed by atoms with Crippen molar-refractivity contribution in [1.29, 1.82) is 0 Å². The SMILES string of the molecule is Nc1ccc2c(c1)CCCC2NC(=O)CCc1nc(-c2ccncc2)no1. The third kappa shape index (κ3) is 3.97. The van der Waals surface area contributed by atoms with Crippen molar-refractivity contribution >= 4 is 11.6 Å². The van der Waals surface area contributed by atoms with E-state index in [2.05, 4.69) is 20.4 Å². The summed E-state index contributed by atoms with van der Waals surface area (Å²) in [4.78, 5) is 20.7. The van der Waals surface area contributed by atoms with Gasteiger partial charge in [0.05, 0.1) is 6.04 Å². The molecule has 27 heavy (non-hydrogen) atoms. The maximum Gasteiger partial charge on any atom is 0.227 e. The first-order valence-corrected chi connectivity index (χ1v) is 9.10. The highest BCUT2D eigenvalue weighted by atomic mass is 16.5. The van der Waals surface area contributed by atoms with Crippen LogP contribution in [0, 0.1) is 0 Å². The van der Waals surface area contributed by atoms with Crippen LogP contribution in [-0.4, -0.2) is 21.0 Å². The molecule has 1 amide bonds. The van der Waals surface area contributed by atoms with Crippen LogP contribution in [0.2, 0.25) is 0 Å². The van der Waals surface area contributed by atoms with Crippen LogP contribution in [0.4, 0.5) is 5.69 Å². The maximum absolute atomic E-state index is 12.4. The van der Waals surface area contributed by atoms with Gasteiger partial charge in [-0.05, 0) is 54.7 Å². The molecule has 0 aliphatic heterocycles. The summed E-state index contributed by atoms with van der Waals surface area (Å²) in [5.74, 6) is 0.939. The van der Waals surface area contributed by atoms with Crippen LogP contribution in [0.25, 0.3) is 11.4 Å². The Morgan fingerprint density at radius 1 is 1.26 bits per heavy atom. The lowest BCUT2D eigenvalue weighted by atomic mass is 9.87. The number of carbonyl (C=O) groups is 1. The number of anilines is 1. The van der Waals surface area contributed by atoms with E-state index < -0.39 is 0 Å². The lowest BCUT2D eigenvalue weighted by molar-refractivity contribution is -0.122. The van der Waals surface area contributed by atoms with E-state index in [1.54, 1.807) is 12.4 Å². The van der Waals surface area contributed by atoms with E-state index in [9.17, 15) is 4.79 Å². The molecule has 4 rings (SSSR count). The van der Waals surface area contributed by atoms with Crippen molar-refractivity contribution in [3.05, 3.63) is 59.7 Å². The number of nitrogens with two attached hydrogens (primary N) is 1. The molecule has 138 valence electrons. The van der Waals surface area contributed by atoms with Gasteiger partial charge in [0.25, 0.3) is 0 Å². The predicted molar refractivity (Wildman–Crippen MR) is 101 cm³/mol. The number of carbonyl (C=O) groups excluding carboxylic acids is 1. The minimum Gasteiger partial charge on any atom is -0.399 e. The number of hydrogen-bond donors (Lipinski definition) is 2. The number of hydrogen-bond acceptors (Lipinski definition) is 6. The first kappa shape index (κ1) is 17.2. The van der Waals surface area contributed by atoms with Crippen LogP contribution in [0.3, 0.4) is 0 Å². The van der Waals surface area contributed by atoms with Crippen LogP contribution < -0.4 is 11.1 Å². The molecule has 0 spiro atoms. The largest absolute Gasteiger partial charge is 0.399 e. The van der Waals surface area contributed by atoms with Crippen molar-refractivity contribution in [3.8, 4) is 11.4 Å². The molecule has 0 radical (unpaired) electrons. The smallest absolute Gasteiger partial charge is 0.227 e. The molecule has 2 heterocycles. The van der Waals surface area contributed by atoms with E-state index in [0.717, 1.165) is 30.5 Å². The summed E-state index contributed by atoms with van der Waals surface area (Å²) in [6.45, 7) is 0. The lowest BCUT2D eigenvalue weighted by Crippen LogP contribution is -2.31. The molecule has 2 aromatic heterocycles. The first-order chi connectivity index (χ1) is 13.2. The average molecular weight is 363 g/mol. The van der Waals surface area contributed by atoms with E-state index in [1.165, 1.54) is 11.1 Å². The molecule has 3 aromatic rings. The predicted octanol–water partition coefficient (Wildman–Crippen LogP) is 2.84. The van der Waals surface area contributed by atoms with Gasteiger partial charge in [-0.15, -0.1) is 0 Å². The van der Waals surface area contributed by atoms with Crippen molar-refractivity contribution in [2.45, 2.75) is 38.1 Å². The number of aryl methyl sites for hydroxylation is 2. The summed E-state index contributed by atoms with van der Waals surface area (Å²) in [5, 5.41) is 7.09. The number of benzene rings is 1. The van der Waals surface area contributed by atoms with E-state index in [1.807, 2.05) is 30.3 Å². The highest BCUT2D eigenvalue weighted by molar-refractivity contribution is 5.76. The zero-order valence-electron chi connectivity index (χ0n) is 14.9. The van der Waals surface area contributed by atoms with Crippen LogP contribution in [-0.2, 0) is 17.6 Å². The molecule has 0 saturated heterocycles. The Labute approximate surface area is 157 Å². The van der Waals surface area contributed by atoms with Crippen molar-refractivity contribution in [3.63, 3.8) is 0 Å². The number of pyridine rings is 1. The van der Waals surface area contributed by atoms with Crippen LogP contribution in [0.5, 0.6) is 0 Å². The zero-order valence-corrected chi connectivity index (χ0v) is 14.9. The quantitative estimate of drug-likeness (QED) is 0.675. The Morgan fingerprint density at radius 3 is 2.96 bits per heavy atom. The molecule has 7 heteroatoms. The number of rotatable bonds is 5. The number of nitrogen functional groups attached to an aromatic ring is 1. The fraction of sp³-hybridized carbons (Fsp3) is 0.300. The molecule has 1 atom stereocenters. The number of nitrogens with zero attached hydrogens (tertiary/aromatic N) is 3. The third-order valence-electron chi connectivity index (χ3n) is 4.79. The minimum atomic E-state index is -0.0201. The lowest BCUT2D eigenvalue weighted by Gasteiger charge is -2.26. The van der Waals surface area contributed by atoms with Gasteiger partial charge in [0.2, 0.25) is 17.6 Å². The van der Waals surface area contributed by atoms with Crippen molar-refractivity contribution < 1.29 is 9.32 Å². The normalized spacial score (nSPS) is 15.9. The second-order valence-corrected chi connectivity index (χ2v) is 6.72. The minimum absolute atomic E-state index is 0.0201. The zero-order chi connectivity index (χ0) is 18.6. The van der Waals surface area contributed by atoms with Crippen LogP contribution >= 0.6 is 0 Å². The molecule has 1 aromatic carbocycles. The van der Waals surface area contributed by atoms with E-state index in [-0.39, 0.29) is 11.9 Å². The van der Waals surface area contributed by atoms with Gasteiger partial charge in [-0.25, -0.2) is 0 Å². The highest BCUT2D eigenvalue weighted by Gasteiger charge is 2.22. The van der Waals surface area contributed by atoms with E-state index in [4.69, 9.17) is 10.3 Å². The van der Waals surface area contributed by atoms with Crippen molar-refractivity contribution in [2.75, 3.05) is 5.73 Å². The summed E-state index contributed by atoms with van der Waals surface area (Å²) in [6.07, 6.45) is 7.05. The number of nitrogens with one attached hydrogen (secondary N) is 1. The number of amides is 1. The van der Waals surface area contributed by atoms with E-state index in [0.29, 0.717) is 24.6 Å². The van der Waals surface area contributed by atoms with Gasteiger partial charge < -0.3 is 15.6 Å². The molecule has 0 saturated carbocycles. The van der Waals surface area contributed by atoms with Gasteiger partial charge in [-0.2, -0.15) is 4.98 Å². The van der Waals surface area contributed by atoms with Gasteiger partial charge in [-0.1, -0.05) is 11.2 Å². The summed E-state index contributed by atoms with van der Waals surface area (Å²) in [6, 6.07) is 9.59. The fourth-order valence-corrected chi connectivity index (χ4v) is 3.45. The van der Waals surface area contributed by atoms with Crippen LogP contribution in [0.1, 0.15) is 42.3 Å². The first-order valence-electron chi connectivity index (χ1n) is 9.10. The maximum atomic E-state index is 12.4. The standard InChI is InChI=1S/C20H21N5O2/c21-15-4-5-16-14(12-15)2-1-3-17(16)23-18(26)6-7-19-24-20(25-27-19)13-8-10-22-11-9-13/h4-5,8-12,17H,1-3,6-7,21H2,(H,23,26). The summed E-state index contributed by atoms with van der Waals surface area (Å²) in [5.41, 5.74) is 9.87. The van der Waals surface area contributed by atoms with Crippen molar-refractivity contribution in [2.24, 2.45) is 0 Å². The van der Waals surface area contributed by atoms with Gasteiger partial charge in [-0.3, -0.25) is 9.78 Å². The number of aromatic nitrogens is 3. The molecule has 1 aliphatic carbocycles. The van der Waals surface area contributed by atoms with Gasteiger partial charge in [0.1, 0.15) is 0 Å². The van der Waals surface area contributed by atoms with Crippen LogP contribution in [0.15, 0.2) is 47.2 Å². The summed E-state index contributed by atoms with van der Waals surface area (Å²) in [7, 11) is 0. The summed E-state index contributed by atoms with van der Waals surface area (Å²) >= 11 is 0. The molecular formula is C20H21N5O2. The van der Waals surface area contributed by atoms with Gasteiger partial charge in [0.15, 0.2) is 0 Å². The second kappa shape index (κ2) is 7.57. The third-order valence-corrected chi connectivity index (χ3v) is 4.79. The van der Waals surface area contributed by atoms with Gasteiger partial charge >= 0.3 is 0 Å². The Morgan fingerprint density at radius 2 is 2.11 bits per heavy atom. The Kier molecular flexibility index (Phi) is 4.82. The number of fused-ring (bicyclic) bond motifs is 1. The molecule has 3 N–H and O–H groups in total. The average Bonchev–Trinajstić information content (AvgIpc) is 3.16. The summed E-state index contributed by atoms with van der Waals surface area (Å²) < 4.78 is 5.25. The molecule has 1 aliphatic rings. The second-order valence-electron chi connectivity index (χ2n) is 6.72. The monoisotopic (exact) mass is 363 g/mol. The molecular weight excluding hydrogens is 342 g/mol. The van der Waals surface area contributed by atoms with Gasteiger partial charge in [0, 0.05) is 36.5 Å². The van der Waals surface area contributed by atoms with Crippen molar-refractivity contribution in [1.82, 2.24) is 20.4 Å². The topological polar surface area (TPSA) is 107 Å². The Bertz CT molecular complexity index is 939. The Balaban J connectivity index is 1.35.